The number of methoxy groups -OCH3 is 1. The molecular weight excluding hydrogens is 248 g/mol. The molecule has 1 aromatic rings. The second kappa shape index (κ2) is 5.43. The number of carbonyl (C=O) groups excluding carboxylic acids is 1. The van der Waals surface area contributed by atoms with Crippen LogP contribution in [0.3, 0.4) is 0 Å². The van der Waals surface area contributed by atoms with E-state index in [-0.39, 0.29) is 0 Å². The molecule has 2 heteroatoms. The lowest BCUT2D eigenvalue weighted by Crippen LogP contribution is -2.22. The fraction of sp³-hybridized carbons (Fsp3) is 0.500. The first-order valence-corrected chi connectivity index (χ1v) is 7.55. The molecule has 2 nitrogen and oxygen atoms in total. The number of benzene rings is 1. The summed E-state index contributed by atoms with van der Waals surface area (Å²) in [4.78, 5) is 11.5. The van der Waals surface area contributed by atoms with Crippen LogP contribution >= 0.6 is 0 Å². The van der Waals surface area contributed by atoms with Gasteiger partial charge in [0.1, 0.15) is 5.75 Å². The molecule has 1 fully saturated rings. The van der Waals surface area contributed by atoms with Crippen LogP contribution in [0.15, 0.2) is 29.8 Å². The predicted molar refractivity (Wildman–Crippen MR) is 80.1 cm³/mol. The van der Waals surface area contributed by atoms with Crippen LogP contribution in [0.1, 0.15) is 49.1 Å². The number of aryl methyl sites for hydroxylation is 1. The van der Waals surface area contributed by atoms with Gasteiger partial charge in [0, 0.05) is 6.42 Å². The van der Waals surface area contributed by atoms with E-state index in [9.17, 15) is 4.79 Å². The zero-order valence-corrected chi connectivity index (χ0v) is 12.3. The average Bonchev–Trinajstić information content (AvgIpc) is 2.46. The van der Waals surface area contributed by atoms with Crippen molar-refractivity contribution in [2.75, 3.05) is 7.11 Å². The Labute approximate surface area is 120 Å². The summed E-state index contributed by atoms with van der Waals surface area (Å²) in [6.07, 6.45) is 7.17. The number of carbonyl (C=O) groups is 1. The van der Waals surface area contributed by atoms with Gasteiger partial charge >= 0.3 is 0 Å². The Morgan fingerprint density at radius 1 is 1.15 bits per heavy atom. The molecule has 0 heterocycles. The predicted octanol–water partition coefficient (Wildman–Crippen LogP) is 4.18. The van der Waals surface area contributed by atoms with E-state index < -0.39 is 0 Å². The summed E-state index contributed by atoms with van der Waals surface area (Å²) in [6, 6.07) is 6.56. The largest absolute Gasteiger partial charge is 0.496 e. The van der Waals surface area contributed by atoms with Crippen molar-refractivity contribution in [1.29, 1.82) is 0 Å². The average molecular weight is 270 g/mol. The monoisotopic (exact) mass is 270 g/mol. The van der Waals surface area contributed by atoms with Crippen molar-refractivity contribution in [2.45, 2.75) is 44.9 Å². The Kier molecular flexibility index (Phi) is 3.64. The van der Waals surface area contributed by atoms with Crippen molar-refractivity contribution in [1.82, 2.24) is 0 Å². The smallest absolute Gasteiger partial charge is 0.155 e. The molecule has 0 aliphatic heterocycles. The Morgan fingerprint density at radius 2 is 1.95 bits per heavy atom. The highest BCUT2D eigenvalue weighted by molar-refractivity contribution is 5.91. The van der Waals surface area contributed by atoms with E-state index in [1.807, 2.05) is 6.08 Å². The standard InChI is InChI=1S/C18H22O2/c1-12-9-13(6-8-18(12)20-2)14-3-4-16-11-17(19)7-5-15(16)10-14/h6,8-9,11,14-15H,3-5,7,10H2,1-2H3/t14-,15+/m0/s1. The molecule has 1 saturated carbocycles. The molecule has 0 aromatic heterocycles. The molecule has 2 aliphatic carbocycles. The first-order valence-electron chi connectivity index (χ1n) is 7.55. The number of ketones is 1. The van der Waals surface area contributed by atoms with Gasteiger partial charge in [-0.25, -0.2) is 0 Å². The summed E-state index contributed by atoms with van der Waals surface area (Å²) in [5.74, 6) is 2.56. The molecule has 0 unspecified atom stereocenters. The minimum Gasteiger partial charge on any atom is -0.496 e. The van der Waals surface area contributed by atoms with Crippen LogP contribution in [0.5, 0.6) is 5.75 Å². The maximum Gasteiger partial charge on any atom is 0.155 e. The first-order chi connectivity index (χ1) is 9.67. The van der Waals surface area contributed by atoms with E-state index in [1.165, 1.54) is 29.5 Å². The molecule has 106 valence electrons. The van der Waals surface area contributed by atoms with Gasteiger partial charge in [-0.3, -0.25) is 4.79 Å². The maximum absolute atomic E-state index is 11.5. The minimum atomic E-state index is 0.329. The molecule has 0 N–H and O–H groups in total. The van der Waals surface area contributed by atoms with Gasteiger partial charge < -0.3 is 4.74 Å². The van der Waals surface area contributed by atoms with Crippen molar-refractivity contribution >= 4 is 5.78 Å². The molecule has 0 bridgehead atoms. The number of fused-ring (bicyclic) bond motifs is 1. The molecule has 1 aromatic carbocycles. The highest BCUT2D eigenvalue weighted by Crippen LogP contribution is 2.43. The van der Waals surface area contributed by atoms with Crippen LogP contribution < -0.4 is 4.74 Å². The molecule has 2 aliphatic rings. The van der Waals surface area contributed by atoms with Gasteiger partial charge in [0.25, 0.3) is 0 Å². The Hall–Kier alpha value is -1.57. The third-order valence-corrected chi connectivity index (χ3v) is 4.85. The quantitative estimate of drug-likeness (QED) is 0.806. The fourth-order valence-corrected chi connectivity index (χ4v) is 3.70. The number of ether oxygens (including phenoxy) is 1. The summed E-state index contributed by atoms with van der Waals surface area (Å²) in [5.41, 5.74) is 4.05. The number of rotatable bonds is 2. The fourth-order valence-electron chi connectivity index (χ4n) is 3.70. The lowest BCUT2D eigenvalue weighted by molar-refractivity contribution is -0.115. The van der Waals surface area contributed by atoms with Crippen molar-refractivity contribution in [3.05, 3.63) is 41.0 Å². The lowest BCUT2D eigenvalue weighted by atomic mass is 9.71. The molecule has 3 rings (SSSR count). The van der Waals surface area contributed by atoms with E-state index in [2.05, 4.69) is 25.1 Å². The van der Waals surface area contributed by atoms with Crippen molar-refractivity contribution in [3.63, 3.8) is 0 Å². The van der Waals surface area contributed by atoms with Crippen molar-refractivity contribution in [2.24, 2.45) is 5.92 Å². The van der Waals surface area contributed by atoms with Crippen molar-refractivity contribution in [3.8, 4) is 5.75 Å². The van der Waals surface area contributed by atoms with E-state index in [0.29, 0.717) is 17.6 Å². The van der Waals surface area contributed by atoms with Gasteiger partial charge in [-0.05, 0) is 67.7 Å². The number of hydrogen-bond donors (Lipinski definition) is 0. The molecule has 0 amide bonds. The van der Waals surface area contributed by atoms with E-state index in [0.717, 1.165) is 25.0 Å². The van der Waals surface area contributed by atoms with E-state index >= 15 is 0 Å². The summed E-state index contributed by atoms with van der Waals surface area (Å²) in [5, 5.41) is 0. The SMILES string of the molecule is COc1ccc([C@H]2CCC3=CC(=O)CC[C@@H]3C2)cc1C. The van der Waals surface area contributed by atoms with Gasteiger partial charge in [-0.1, -0.05) is 17.7 Å². The van der Waals surface area contributed by atoms with Gasteiger partial charge in [0.15, 0.2) is 5.78 Å². The summed E-state index contributed by atoms with van der Waals surface area (Å²) < 4.78 is 5.34. The van der Waals surface area contributed by atoms with E-state index in [1.54, 1.807) is 7.11 Å². The lowest BCUT2D eigenvalue weighted by Gasteiger charge is -2.34. The normalized spacial score (nSPS) is 25.9. The number of allylic oxidation sites excluding steroid dienone is 2. The topological polar surface area (TPSA) is 26.3 Å². The highest BCUT2D eigenvalue weighted by atomic mass is 16.5. The summed E-state index contributed by atoms with van der Waals surface area (Å²) in [6.45, 7) is 2.11. The zero-order valence-electron chi connectivity index (χ0n) is 12.3. The molecular formula is C18H22O2. The Bertz CT molecular complexity index is 557. The molecule has 20 heavy (non-hydrogen) atoms. The van der Waals surface area contributed by atoms with Crippen LogP contribution in [0.25, 0.3) is 0 Å². The number of hydrogen-bond acceptors (Lipinski definition) is 2. The van der Waals surface area contributed by atoms with Crippen LogP contribution in [0.4, 0.5) is 0 Å². The van der Waals surface area contributed by atoms with Crippen LogP contribution in [-0.4, -0.2) is 12.9 Å². The Balaban J connectivity index is 1.78. The minimum absolute atomic E-state index is 0.329. The second-order valence-electron chi connectivity index (χ2n) is 6.12. The summed E-state index contributed by atoms with van der Waals surface area (Å²) in [7, 11) is 1.72. The first kappa shape index (κ1) is 13.4. The van der Waals surface area contributed by atoms with Crippen molar-refractivity contribution < 1.29 is 9.53 Å². The van der Waals surface area contributed by atoms with Crippen LogP contribution in [0, 0.1) is 12.8 Å². The van der Waals surface area contributed by atoms with Crippen LogP contribution in [-0.2, 0) is 4.79 Å². The highest BCUT2D eigenvalue weighted by Gasteiger charge is 2.29. The molecule has 0 saturated heterocycles. The molecule has 2 atom stereocenters. The summed E-state index contributed by atoms with van der Waals surface area (Å²) >= 11 is 0. The van der Waals surface area contributed by atoms with Gasteiger partial charge in [0.05, 0.1) is 7.11 Å². The maximum atomic E-state index is 11.5. The third-order valence-electron chi connectivity index (χ3n) is 4.85. The van der Waals surface area contributed by atoms with Gasteiger partial charge in [0.2, 0.25) is 0 Å². The van der Waals surface area contributed by atoms with Gasteiger partial charge in [-0.2, -0.15) is 0 Å². The Morgan fingerprint density at radius 3 is 2.70 bits per heavy atom. The van der Waals surface area contributed by atoms with Gasteiger partial charge in [-0.15, -0.1) is 0 Å². The molecule has 0 spiro atoms. The zero-order chi connectivity index (χ0) is 14.1. The third kappa shape index (κ3) is 2.52. The van der Waals surface area contributed by atoms with Crippen LogP contribution in [0.2, 0.25) is 0 Å². The molecule has 0 radical (unpaired) electrons. The second-order valence-corrected chi connectivity index (χ2v) is 6.12. The van der Waals surface area contributed by atoms with E-state index in [4.69, 9.17) is 4.74 Å².